The van der Waals surface area contributed by atoms with E-state index in [0.29, 0.717) is 5.69 Å². The van der Waals surface area contributed by atoms with Crippen LogP contribution >= 0.6 is 0 Å². The lowest BCUT2D eigenvalue weighted by atomic mass is 10.1. The van der Waals surface area contributed by atoms with Crippen LogP contribution in [0.3, 0.4) is 0 Å². The molecule has 0 amide bonds. The van der Waals surface area contributed by atoms with Gasteiger partial charge in [-0.05, 0) is 24.1 Å². The Hall–Kier alpha value is -1.23. The highest BCUT2D eigenvalue weighted by Gasteiger charge is 2.29. The number of nitrogens with two attached hydrogens (primary N) is 1. The second kappa shape index (κ2) is 5.40. The van der Waals surface area contributed by atoms with Crippen LogP contribution in [-0.4, -0.2) is 19.8 Å². The van der Waals surface area contributed by atoms with Crippen molar-refractivity contribution in [1.29, 1.82) is 0 Å². The zero-order valence-corrected chi connectivity index (χ0v) is 9.96. The van der Waals surface area contributed by atoms with Gasteiger partial charge >= 0.3 is 6.18 Å². The lowest BCUT2D eigenvalue weighted by Crippen LogP contribution is -2.30. The fraction of sp³-hybridized carbons (Fsp3) is 0.500. The Morgan fingerprint density at radius 2 is 1.76 bits per heavy atom. The third-order valence-electron chi connectivity index (χ3n) is 2.62. The Morgan fingerprint density at radius 3 is 2.18 bits per heavy atom. The molecule has 1 unspecified atom stereocenters. The molecule has 0 saturated heterocycles. The van der Waals surface area contributed by atoms with Gasteiger partial charge in [-0.3, -0.25) is 0 Å². The monoisotopic (exact) mass is 246 g/mol. The van der Waals surface area contributed by atoms with Crippen molar-refractivity contribution >= 4 is 5.69 Å². The van der Waals surface area contributed by atoms with Crippen LogP contribution in [0.5, 0.6) is 0 Å². The van der Waals surface area contributed by atoms with Crippen LogP contribution in [0.4, 0.5) is 18.9 Å². The molecule has 2 N–H and O–H groups in total. The molecule has 1 aromatic rings. The summed E-state index contributed by atoms with van der Waals surface area (Å²) in [6, 6.07) is 6.82. The maximum atomic E-state index is 12.2. The second-order valence-electron chi connectivity index (χ2n) is 4.08. The summed E-state index contributed by atoms with van der Waals surface area (Å²) in [6.45, 7) is 1.01. The predicted molar refractivity (Wildman–Crippen MR) is 63.0 cm³/mol. The van der Waals surface area contributed by atoms with E-state index in [1.54, 1.807) is 24.3 Å². The lowest BCUT2D eigenvalue weighted by Gasteiger charge is -2.21. The minimum absolute atomic E-state index is 0.0584. The fourth-order valence-electron chi connectivity index (χ4n) is 1.57. The number of hydrogen-bond donors (Lipinski definition) is 1. The first-order valence-corrected chi connectivity index (χ1v) is 5.47. The molecule has 17 heavy (non-hydrogen) atoms. The molecular formula is C12H17F3N2. The van der Waals surface area contributed by atoms with E-state index in [9.17, 15) is 13.2 Å². The van der Waals surface area contributed by atoms with E-state index in [4.69, 9.17) is 5.73 Å². The third-order valence-corrected chi connectivity index (χ3v) is 2.62. The third kappa shape index (κ3) is 4.26. The van der Waals surface area contributed by atoms with Crippen LogP contribution in [0, 0.1) is 0 Å². The predicted octanol–water partition coefficient (Wildman–Crippen LogP) is 3.09. The lowest BCUT2D eigenvalue weighted by molar-refractivity contribution is -0.119. The molecule has 0 bridgehead atoms. The Morgan fingerprint density at radius 1 is 1.24 bits per heavy atom. The number of hydrogen-bond acceptors (Lipinski definition) is 2. The molecular weight excluding hydrogens is 229 g/mol. The van der Waals surface area contributed by atoms with E-state index in [-0.39, 0.29) is 6.04 Å². The normalized spacial score (nSPS) is 13.5. The first-order chi connectivity index (χ1) is 7.83. The zero-order chi connectivity index (χ0) is 13.1. The van der Waals surface area contributed by atoms with Crippen molar-refractivity contribution in [3.63, 3.8) is 0 Å². The standard InChI is InChI=1S/C12H17F3N2/c1-3-11(16)9-4-6-10(7-5-9)17(2)8-12(13,14)15/h4-7,11H,3,8,16H2,1-2H3. The number of benzene rings is 1. The topological polar surface area (TPSA) is 29.3 Å². The van der Waals surface area contributed by atoms with Crippen LogP contribution < -0.4 is 10.6 Å². The van der Waals surface area contributed by atoms with Crippen LogP contribution in [0.2, 0.25) is 0 Å². The van der Waals surface area contributed by atoms with Crippen LogP contribution in [0.25, 0.3) is 0 Å². The molecule has 0 heterocycles. The number of rotatable bonds is 4. The van der Waals surface area contributed by atoms with E-state index in [1.807, 2.05) is 6.92 Å². The summed E-state index contributed by atoms with van der Waals surface area (Å²) in [6.07, 6.45) is -3.38. The highest BCUT2D eigenvalue weighted by atomic mass is 19.4. The average Bonchev–Trinajstić information content (AvgIpc) is 2.26. The summed E-state index contributed by atoms with van der Waals surface area (Å²) in [5, 5.41) is 0. The zero-order valence-electron chi connectivity index (χ0n) is 9.96. The molecule has 0 aliphatic rings. The molecule has 2 nitrogen and oxygen atoms in total. The SMILES string of the molecule is CCC(N)c1ccc(N(C)CC(F)(F)F)cc1. The van der Waals surface area contributed by atoms with Gasteiger partial charge in [-0.1, -0.05) is 19.1 Å². The van der Waals surface area contributed by atoms with Gasteiger partial charge in [-0.2, -0.15) is 13.2 Å². The van der Waals surface area contributed by atoms with E-state index in [2.05, 4.69) is 0 Å². The summed E-state index contributed by atoms with van der Waals surface area (Å²) in [5.74, 6) is 0. The molecule has 0 saturated carbocycles. The quantitative estimate of drug-likeness (QED) is 0.884. The van der Waals surface area contributed by atoms with Gasteiger partial charge in [0.05, 0.1) is 0 Å². The Labute approximate surface area is 99.2 Å². The van der Waals surface area contributed by atoms with Crippen molar-refractivity contribution < 1.29 is 13.2 Å². The van der Waals surface area contributed by atoms with Crippen molar-refractivity contribution in [3.8, 4) is 0 Å². The number of anilines is 1. The van der Waals surface area contributed by atoms with Crippen molar-refractivity contribution in [2.45, 2.75) is 25.6 Å². The summed E-state index contributed by atoms with van der Waals surface area (Å²) in [7, 11) is 1.42. The van der Waals surface area contributed by atoms with Crippen molar-refractivity contribution in [3.05, 3.63) is 29.8 Å². The van der Waals surface area contributed by atoms with Gasteiger partial charge in [0.2, 0.25) is 0 Å². The Balaban J connectivity index is 2.74. The highest BCUT2D eigenvalue weighted by Crippen LogP contribution is 2.22. The first-order valence-electron chi connectivity index (χ1n) is 5.47. The molecule has 0 aromatic heterocycles. The highest BCUT2D eigenvalue weighted by molar-refractivity contribution is 5.47. The Kier molecular flexibility index (Phi) is 4.40. The van der Waals surface area contributed by atoms with Gasteiger partial charge in [0.15, 0.2) is 0 Å². The molecule has 0 aliphatic heterocycles. The Bertz CT molecular complexity index is 346. The molecule has 96 valence electrons. The molecule has 1 aromatic carbocycles. The molecule has 5 heteroatoms. The number of alkyl halides is 3. The maximum Gasteiger partial charge on any atom is 0.405 e. The molecule has 0 spiro atoms. The van der Waals surface area contributed by atoms with Gasteiger partial charge in [0, 0.05) is 18.8 Å². The van der Waals surface area contributed by atoms with E-state index >= 15 is 0 Å². The van der Waals surface area contributed by atoms with E-state index < -0.39 is 12.7 Å². The summed E-state index contributed by atoms with van der Waals surface area (Å²) in [5.41, 5.74) is 7.31. The van der Waals surface area contributed by atoms with Gasteiger partial charge in [-0.25, -0.2) is 0 Å². The molecule has 0 aliphatic carbocycles. The van der Waals surface area contributed by atoms with Crippen molar-refractivity contribution in [2.24, 2.45) is 5.73 Å². The van der Waals surface area contributed by atoms with E-state index in [1.165, 1.54) is 11.9 Å². The van der Waals surface area contributed by atoms with Crippen LogP contribution in [0.15, 0.2) is 24.3 Å². The number of halogens is 3. The first kappa shape index (κ1) is 13.8. The second-order valence-corrected chi connectivity index (χ2v) is 4.08. The van der Waals surface area contributed by atoms with Crippen LogP contribution in [-0.2, 0) is 0 Å². The molecule has 1 atom stereocenters. The van der Waals surface area contributed by atoms with Crippen molar-refractivity contribution in [1.82, 2.24) is 0 Å². The minimum Gasteiger partial charge on any atom is -0.366 e. The van der Waals surface area contributed by atoms with Crippen molar-refractivity contribution in [2.75, 3.05) is 18.5 Å². The summed E-state index contributed by atoms with van der Waals surface area (Å²) < 4.78 is 36.6. The van der Waals surface area contributed by atoms with Gasteiger partial charge < -0.3 is 10.6 Å². The van der Waals surface area contributed by atoms with Crippen LogP contribution in [0.1, 0.15) is 24.9 Å². The van der Waals surface area contributed by atoms with Gasteiger partial charge in [-0.15, -0.1) is 0 Å². The summed E-state index contributed by atoms with van der Waals surface area (Å²) >= 11 is 0. The average molecular weight is 246 g/mol. The number of nitrogens with zero attached hydrogens (tertiary/aromatic N) is 1. The summed E-state index contributed by atoms with van der Waals surface area (Å²) in [4.78, 5) is 1.17. The minimum atomic E-state index is -4.19. The molecule has 1 rings (SSSR count). The maximum absolute atomic E-state index is 12.2. The molecule has 0 radical (unpaired) electrons. The largest absolute Gasteiger partial charge is 0.405 e. The van der Waals surface area contributed by atoms with Gasteiger partial charge in [0.1, 0.15) is 6.54 Å². The smallest absolute Gasteiger partial charge is 0.366 e. The fourth-order valence-corrected chi connectivity index (χ4v) is 1.57. The molecule has 0 fully saturated rings. The van der Waals surface area contributed by atoms with E-state index in [0.717, 1.165) is 12.0 Å². The van der Waals surface area contributed by atoms with Gasteiger partial charge in [0.25, 0.3) is 0 Å².